The van der Waals surface area contributed by atoms with E-state index in [0.717, 1.165) is 32.1 Å². The highest BCUT2D eigenvalue weighted by atomic mass is 16.3. The van der Waals surface area contributed by atoms with Crippen LogP contribution in [0.1, 0.15) is 271 Å². The number of nitrogens with one attached hydrogen (secondary N) is 1. The lowest BCUT2D eigenvalue weighted by molar-refractivity contribution is -0.125. The minimum absolute atomic E-state index is 0.0379. The van der Waals surface area contributed by atoms with E-state index in [0.29, 0.717) is 12.8 Å². The van der Waals surface area contributed by atoms with E-state index in [1.54, 1.807) is 0 Å². The van der Waals surface area contributed by atoms with Crippen molar-refractivity contribution in [3.63, 3.8) is 0 Å². The lowest BCUT2D eigenvalue weighted by atomic mass is 10.0. The van der Waals surface area contributed by atoms with E-state index in [9.17, 15) is 20.1 Å². The Hall–Kier alpha value is -1.17. The number of carbonyl (C=O) groups excluding carboxylic acids is 1. The molecule has 0 fully saturated rings. The molecule has 0 radical (unpaired) electrons. The number of aliphatic hydroxyl groups is 3. The first kappa shape index (κ1) is 54.8. The fraction of sp³-hybridized carbons (Fsp3) is 0.902. The van der Waals surface area contributed by atoms with Gasteiger partial charge in [-0.2, -0.15) is 0 Å². The molecule has 0 aliphatic carbocycles. The molecule has 4 N–H and O–H groups in total. The van der Waals surface area contributed by atoms with Crippen molar-refractivity contribution >= 4 is 5.91 Å². The van der Waals surface area contributed by atoms with E-state index in [1.807, 2.05) is 0 Å². The second-order valence-electron chi connectivity index (χ2n) is 17.4. The van der Waals surface area contributed by atoms with Gasteiger partial charge in [0.25, 0.3) is 0 Å². The third-order valence-electron chi connectivity index (χ3n) is 11.8. The number of allylic oxidation sites excluding steroid dienone is 4. The van der Waals surface area contributed by atoms with E-state index in [1.165, 1.54) is 205 Å². The molecule has 3 atom stereocenters. The highest BCUT2D eigenvalue weighted by molar-refractivity contribution is 5.76. The zero-order valence-electron chi connectivity index (χ0n) is 37.8. The van der Waals surface area contributed by atoms with Crippen LogP contribution in [0.25, 0.3) is 0 Å². The highest BCUT2D eigenvalue weighted by Crippen LogP contribution is 2.17. The largest absolute Gasteiger partial charge is 0.394 e. The van der Waals surface area contributed by atoms with Gasteiger partial charge in [-0.3, -0.25) is 4.79 Å². The monoisotopic (exact) mass is 790 g/mol. The summed E-state index contributed by atoms with van der Waals surface area (Å²) < 4.78 is 0. The zero-order chi connectivity index (χ0) is 40.8. The molecular weight excluding hydrogens is 691 g/mol. The summed E-state index contributed by atoms with van der Waals surface area (Å²) >= 11 is 0. The lowest BCUT2D eigenvalue weighted by Crippen LogP contribution is -2.46. The number of amides is 1. The van der Waals surface area contributed by atoms with Gasteiger partial charge in [0.15, 0.2) is 0 Å². The van der Waals surface area contributed by atoms with Crippen molar-refractivity contribution in [1.82, 2.24) is 5.32 Å². The second-order valence-corrected chi connectivity index (χ2v) is 17.4. The van der Waals surface area contributed by atoms with Crippen molar-refractivity contribution in [2.45, 2.75) is 289 Å². The van der Waals surface area contributed by atoms with Crippen molar-refractivity contribution in [3.8, 4) is 0 Å². The summed E-state index contributed by atoms with van der Waals surface area (Å²) in [5.74, 6) is -0.282. The Morgan fingerprint density at radius 1 is 0.446 bits per heavy atom. The van der Waals surface area contributed by atoms with Crippen molar-refractivity contribution in [2.24, 2.45) is 0 Å². The fourth-order valence-corrected chi connectivity index (χ4v) is 7.91. The maximum Gasteiger partial charge on any atom is 0.222 e. The summed E-state index contributed by atoms with van der Waals surface area (Å²) in [6.45, 7) is 4.27. The molecule has 0 heterocycles. The van der Waals surface area contributed by atoms with Crippen molar-refractivity contribution in [3.05, 3.63) is 24.3 Å². The summed E-state index contributed by atoms with van der Waals surface area (Å²) in [4.78, 5) is 12.5. The smallest absolute Gasteiger partial charge is 0.222 e. The summed E-state index contributed by atoms with van der Waals surface area (Å²) in [7, 11) is 0. The molecule has 5 heteroatoms. The first-order valence-electron chi connectivity index (χ1n) is 25.1. The minimum atomic E-state index is -0.747. The van der Waals surface area contributed by atoms with Crippen molar-refractivity contribution in [1.29, 1.82) is 0 Å². The van der Waals surface area contributed by atoms with Crippen LogP contribution < -0.4 is 5.32 Å². The molecule has 0 aliphatic heterocycles. The Kier molecular flexibility index (Phi) is 45.5. The maximum absolute atomic E-state index is 12.5. The van der Waals surface area contributed by atoms with E-state index >= 15 is 0 Å². The number of unbranched alkanes of at least 4 members (excludes halogenated alkanes) is 33. The SMILES string of the molecule is CCCCCCCCCCC/C=C\C/C=C\CCCCCCCCCCCCCCCC(O)CC(=O)NC(CO)C(O)CCCCCCCCCCCCCC. The van der Waals surface area contributed by atoms with Gasteiger partial charge >= 0.3 is 0 Å². The predicted octanol–water partition coefficient (Wildman–Crippen LogP) is 14.9. The zero-order valence-corrected chi connectivity index (χ0v) is 37.8. The average Bonchev–Trinajstić information content (AvgIpc) is 3.19. The molecule has 1 amide bonds. The molecule has 0 saturated carbocycles. The number of hydrogen-bond acceptors (Lipinski definition) is 4. The van der Waals surface area contributed by atoms with Gasteiger partial charge in [-0.15, -0.1) is 0 Å². The summed E-state index contributed by atoms with van der Waals surface area (Å²) in [5.41, 5.74) is 0. The number of rotatable bonds is 46. The Balaban J connectivity index is 3.52. The predicted molar refractivity (Wildman–Crippen MR) is 245 cm³/mol. The summed E-state index contributed by atoms with van der Waals surface area (Å²) in [6.07, 6.45) is 57.4. The molecule has 5 nitrogen and oxygen atoms in total. The molecule has 0 saturated heterocycles. The Labute approximate surface area is 350 Å². The van der Waals surface area contributed by atoms with Gasteiger partial charge in [0.1, 0.15) is 0 Å². The topological polar surface area (TPSA) is 89.8 Å². The molecule has 332 valence electrons. The molecule has 0 rings (SSSR count). The van der Waals surface area contributed by atoms with Crippen molar-refractivity contribution < 1.29 is 20.1 Å². The normalized spacial score (nSPS) is 13.6. The van der Waals surface area contributed by atoms with Crippen LogP contribution in [0, 0.1) is 0 Å². The molecular formula is C51H99NO4. The Morgan fingerprint density at radius 3 is 1.12 bits per heavy atom. The van der Waals surface area contributed by atoms with Crippen LogP contribution in [-0.2, 0) is 4.79 Å². The third kappa shape index (κ3) is 42.4. The average molecular weight is 790 g/mol. The first-order chi connectivity index (χ1) is 27.5. The van der Waals surface area contributed by atoms with Crippen molar-refractivity contribution in [2.75, 3.05) is 6.61 Å². The number of hydrogen-bond donors (Lipinski definition) is 4. The summed E-state index contributed by atoms with van der Waals surface area (Å²) in [6, 6.07) is -0.656. The molecule has 0 aromatic heterocycles. The van der Waals surface area contributed by atoms with Gasteiger partial charge < -0.3 is 20.6 Å². The maximum atomic E-state index is 12.5. The minimum Gasteiger partial charge on any atom is -0.394 e. The van der Waals surface area contributed by atoms with E-state index < -0.39 is 18.2 Å². The first-order valence-corrected chi connectivity index (χ1v) is 25.1. The third-order valence-corrected chi connectivity index (χ3v) is 11.8. The molecule has 3 unspecified atom stereocenters. The lowest BCUT2D eigenvalue weighted by Gasteiger charge is -2.23. The molecule has 0 aromatic carbocycles. The highest BCUT2D eigenvalue weighted by Gasteiger charge is 2.21. The molecule has 0 bridgehead atoms. The molecule has 0 spiro atoms. The van der Waals surface area contributed by atoms with Gasteiger partial charge in [-0.1, -0.05) is 244 Å². The van der Waals surface area contributed by atoms with Gasteiger partial charge in [0.2, 0.25) is 5.91 Å². The van der Waals surface area contributed by atoms with Gasteiger partial charge in [0, 0.05) is 0 Å². The Bertz CT molecular complexity index is 829. The molecule has 56 heavy (non-hydrogen) atoms. The Morgan fingerprint density at radius 2 is 0.768 bits per heavy atom. The van der Waals surface area contributed by atoms with Crippen LogP contribution in [0.2, 0.25) is 0 Å². The second kappa shape index (κ2) is 46.5. The molecule has 0 aromatic rings. The van der Waals surface area contributed by atoms with Gasteiger partial charge in [0.05, 0.1) is 31.3 Å². The van der Waals surface area contributed by atoms with Crippen LogP contribution >= 0.6 is 0 Å². The quantitative estimate of drug-likeness (QED) is 0.0365. The molecule has 0 aliphatic rings. The fourth-order valence-electron chi connectivity index (χ4n) is 7.91. The summed E-state index contributed by atoms with van der Waals surface area (Å²) in [5, 5.41) is 33.4. The van der Waals surface area contributed by atoms with E-state index in [2.05, 4.69) is 43.5 Å². The van der Waals surface area contributed by atoms with E-state index in [-0.39, 0.29) is 18.9 Å². The van der Waals surface area contributed by atoms with Gasteiger partial charge in [-0.05, 0) is 44.9 Å². The standard InChI is InChI=1S/C51H99NO4/c1-3-5-7-9-11-13-15-17-18-19-20-21-22-23-24-25-26-27-28-29-30-31-32-33-34-36-38-40-42-44-48(54)46-51(56)52-49(47-53)50(55)45-43-41-39-37-35-16-14-12-10-8-6-4-2/h20-21,23-24,48-50,53-55H,3-19,22,25-47H2,1-2H3,(H,52,56)/b21-20-,24-23-. The number of aliphatic hydroxyl groups excluding tert-OH is 3. The van der Waals surface area contributed by atoms with Crippen LogP contribution in [0.15, 0.2) is 24.3 Å². The van der Waals surface area contributed by atoms with Crippen LogP contribution in [-0.4, -0.2) is 46.1 Å². The van der Waals surface area contributed by atoms with Crippen LogP contribution in [0.5, 0.6) is 0 Å². The van der Waals surface area contributed by atoms with E-state index in [4.69, 9.17) is 0 Å². The van der Waals surface area contributed by atoms with Gasteiger partial charge in [-0.25, -0.2) is 0 Å². The van der Waals surface area contributed by atoms with Crippen LogP contribution in [0.4, 0.5) is 0 Å². The number of carbonyl (C=O) groups is 1. The van der Waals surface area contributed by atoms with Crippen LogP contribution in [0.3, 0.4) is 0 Å².